The number of benzene rings is 1. The first-order chi connectivity index (χ1) is 11.6. The second-order valence-corrected chi connectivity index (χ2v) is 7.06. The molecule has 0 aliphatic carbocycles. The van der Waals surface area contributed by atoms with Crippen LogP contribution in [0.3, 0.4) is 0 Å². The summed E-state index contributed by atoms with van der Waals surface area (Å²) in [5.41, 5.74) is 0.525. The zero-order valence-corrected chi connectivity index (χ0v) is 14.4. The van der Waals surface area contributed by atoms with E-state index in [9.17, 15) is 9.59 Å². The summed E-state index contributed by atoms with van der Waals surface area (Å²) in [4.78, 5) is 25.1. The number of thiophene rings is 1. The van der Waals surface area contributed by atoms with E-state index in [4.69, 9.17) is 21.1 Å². The van der Waals surface area contributed by atoms with E-state index in [0.717, 1.165) is 4.88 Å². The Kier molecular flexibility index (Phi) is 5.37. The molecule has 0 bridgehead atoms. The number of ketones is 1. The Morgan fingerprint density at radius 1 is 1.08 bits per heavy atom. The average molecular weight is 366 g/mol. The van der Waals surface area contributed by atoms with Crippen LogP contribution in [0, 0.1) is 0 Å². The van der Waals surface area contributed by atoms with Gasteiger partial charge in [-0.1, -0.05) is 11.6 Å². The molecule has 0 fully saturated rings. The number of ether oxygens (including phenoxy) is 2. The predicted octanol–water partition coefficient (Wildman–Crippen LogP) is 3.45. The first-order valence-corrected chi connectivity index (χ1v) is 8.75. The summed E-state index contributed by atoms with van der Waals surface area (Å²) in [6.45, 7) is 1.41. The van der Waals surface area contributed by atoms with Gasteiger partial charge in [0.2, 0.25) is 5.91 Å². The van der Waals surface area contributed by atoms with Crippen LogP contribution in [-0.4, -0.2) is 24.9 Å². The molecule has 2 heterocycles. The highest BCUT2D eigenvalue weighted by Gasteiger charge is 2.15. The molecule has 126 valence electrons. The third kappa shape index (κ3) is 4.27. The minimum atomic E-state index is -0.162. The van der Waals surface area contributed by atoms with E-state index in [1.165, 1.54) is 11.3 Å². The summed E-state index contributed by atoms with van der Waals surface area (Å²) in [6.07, 6.45) is 0.295. The van der Waals surface area contributed by atoms with Gasteiger partial charge in [0.15, 0.2) is 17.3 Å². The molecule has 0 atom stereocenters. The molecule has 1 N–H and O–H groups in total. The van der Waals surface area contributed by atoms with Crippen molar-refractivity contribution in [1.29, 1.82) is 0 Å². The van der Waals surface area contributed by atoms with E-state index < -0.39 is 0 Å². The Morgan fingerprint density at radius 2 is 1.88 bits per heavy atom. The maximum atomic E-state index is 12.2. The number of amides is 1. The standard InChI is InChI=1S/C17H16ClNO4S/c18-16-5-2-12(24-16)10-19-17(21)6-3-13(20)11-1-4-14-15(9-11)23-8-7-22-14/h1-2,4-5,9H,3,6-8,10H2,(H,19,21). The van der Waals surface area contributed by atoms with Crippen LogP contribution >= 0.6 is 22.9 Å². The summed E-state index contributed by atoms with van der Waals surface area (Å²) < 4.78 is 11.6. The van der Waals surface area contributed by atoms with Crippen molar-refractivity contribution in [2.45, 2.75) is 19.4 Å². The van der Waals surface area contributed by atoms with Crippen LogP contribution in [0.25, 0.3) is 0 Å². The quantitative estimate of drug-likeness (QED) is 0.796. The minimum Gasteiger partial charge on any atom is -0.486 e. The fourth-order valence-corrected chi connectivity index (χ4v) is 3.34. The van der Waals surface area contributed by atoms with Gasteiger partial charge in [-0.05, 0) is 30.3 Å². The number of nitrogens with one attached hydrogen (secondary N) is 1. The van der Waals surface area contributed by atoms with Crippen molar-refractivity contribution in [3.63, 3.8) is 0 Å². The van der Waals surface area contributed by atoms with Crippen molar-refractivity contribution >= 4 is 34.6 Å². The fraction of sp³-hybridized carbons (Fsp3) is 0.294. The number of hydrogen-bond donors (Lipinski definition) is 1. The maximum Gasteiger partial charge on any atom is 0.220 e. The molecule has 7 heteroatoms. The molecule has 5 nitrogen and oxygen atoms in total. The predicted molar refractivity (Wildman–Crippen MR) is 92.2 cm³/mol. The Morgan fingerprint density at radius 3 is 2.62 bits per heavy atom. The van der Waals surface area contributed by atoms with Gasteiger partial charge in [-0.15, -0.1) is 11.3 Å². The lowest BCUT2D eigenvalue weighted by molar-refractivity contribution is -0.121. The third-order valence-corrected chi connectivity index (χ3v) is 4.76. The molecular weight excluding hydrogens is 350 g/mol. The molecule has 0 saturated carbocycles. The van der Waals surface area contributed by atoms with Crippen LogP contribution in [0.4, 0.5) is 0 Å². The molecule has 0 unspecified atom stereocenters. The summed E-state index contributed by atoms with van der Waals surface area (Å²) in [5.74, 6) is 0.961. The van der Waals surface area contributed by atoms with Gasteiger partial charge in [0.05, 0.1) is 10.9 Å². The average Bonchev–Trinajstić information content (AvgIpc) is 3.02. The van der Waals surface area contributed by atoms with Crippen LogP contribution in [0.2, 0.25) is 4.34 Å². The first kappa shape index (κ1) is 16.8. The number of fused-ring (bicyclic) bond motifs is 1. The van der Waals surface area contributed by atoms with Gasteiger partial charge in [0.1, 0.15) is 13.2 Å². The molecule has 24 heavy (non-hydrogen) atoms. The second-order valence-electron chi connectivity index (χ2n) is 5.26. The zero-order valence-electron chi connectivity index (χ0n) is 12.8. The number of Topliss-reactive ketones (excluding diaryl/α,β-unsaturated/α-hetero) is 1. The first-order valence-electron chi connectivity index (χ1n) is 7.55. The van der Waals surface area contributed by atoms with Crippen LogP contribution < -0.4 is 14.8 Å². The highest BCUT2D eigenvalue weighted by atomic mass is 35.5. The number of carbonyl (C=O) groups is 2. The molecular formula is C17H16ClNO4S. The summed E-state index contributed by atoms with van der Waals surface area (Å²) in [5, 5.41) is 2.78. The Hall–Kier alpha value is -2.05. The molecule has 1 aliphatic rings. The Bertz CT molecular complexity index is 759. The van der Waals surface area contributed by atoms with E-state index in [1.807, 2.05) is 6.07 Å². The summed E-state index contributed by atoms with van der Waals surface area (Å²) >= 11 is 7.26. The molecule has 2 aromatic rings. The normalized spacial score (nSPS) is 12.7. The van der Waals surface area contributed by atoms with Crippen molar-refractivity contribution in [1.82, 2.24) is 5.32 Å². The van der Waals surface area contributed by atoms with Gasteiger partial charge in [-0.2, -0.15) is 0 Å². The maximum absolute atomic E-state index is 12.2. The van der Waals surface area contributed by atoms with Crippen LogP contribution in [0.1, 0.15) is 28.1 Å². The zero-order chi connectivity index (χ0) is 16.9. The van der Waals surface area contributed by atoms with E-state index in [2.05, 4.69) is 5.32 Å². The van der Waals surface area contributed by atoms with Crippen molar-refractivity contribution in [3.8, 4) is 11.5 Å². The molecule has 0 spiro atoms. The van der Waals surface area contributed by atoms with Crippen molar-refractivity contribution in [2.24, 2.45) is 0 Å². The highest BCUT2D eigenvalue weighted by Crippen LogP contribution is 2.31. The van der Waals surface area contributed by atoms with Crippen LogP contribution in [0.5, 0.6) is 11.5 Å². The number of halogens is 1. The minimum absolute atomic E-state index is 0.0960. The van der Waals surface area contributed by atoms with Gasteiger partial charge in [0.25, 0.3) is 0 Å². The smallest absolute Gasteiger partial charge is 0.220 e. The van der Waals surface area contributed by atoms with Gasteiger partial charge < -0.3 is 14.8 Å². The lowest BCUT2D eigenvalue weighted by Crippen LogP contribution is -2.22. The topological polar surface area (TPSA) is 64.6 Å². The molecule has 0 saturated heterocycles. The van der Waals surface area contributed by atoms with Crippen LogP contribution in [-0.2, 0) is 11.3 Å². The summed E-state index contributed by atoms with van der Waals surface area (Å²) in [6, 6.07) is 8.75. The van der Waals surface area contributed by atoms with Gasteiger partial charge >= 0.3 is 0 Å². The fourth-order valence-electron chi connectivity index (χ4n) is 2.31. The SMILES string of the molecule is O=C(CCC(=O)c1ccc2c(c1)OCCO2)NCc1ccc(Cl)s1. The second kappa shape index (κ2) is 7.68. The van der Waals surface area contributed by atoms with E-state index in [1.54, 1.807) is 24.3 Å². The number of hydrogen-bond acceptors (Lipinski definition) is 5. The van der Waals surface area contributed by atoms with E-state index >= 15 is 0 Å². The van der Waals surface area contributed by atoms with E-state index in [0.29, 0.717) is 41.2 Å². The monoisotopic (exact) mass is 365 g/mol. The van der Waals surface area contributed by atoms with Crippen molar-refractivity contribution in [3.05, 3.63) is 45.1 Å². The van der Waals surface area contributed by atoms with Crippen molar-refractivity contribution < 1.29 is 19.1 Å². The molecule has 1 aromatic heterocycles. The lowest BCUT2D eigenvalue weighted by Gasteiger charge is -2.18. The molecule has 1 aromatic carbocycles. The molecule has 0 radical (unpaired) electrons. The van der Waals surface area contributed by atoms with Crippen LogP contribution in [0.15, 0.2) is 30.3 Å². The Labute approximate surface area is 148 Å². The molecule has 1 amide bonds. The van der Waals surface area contributed by atoms with Crippen molar-refractivity contribution in [2.75, 3.05) is 13.2 Å². The Balaban J connectivity index is 1.49. The largest absolute Gasteiger partial charge is 0.486 e. The van der Waals surface area contributed by atoms with Gasteiger partial charge in [0, 0.05) is 23.3 Å². The highest BCUT2D eigenvalue weighted by molar-refractivity contribution is 7.16. The van der Waals surface area contributed by atoms with Gasteiger partial charge in [-0.25, -0.2) is 0 Å². The third-order valence-electron chi connectivity index (χ3n) is 3.53. The lowest BCUT2D eigenvalue weighted by atomic mass is 10.1. The number of carbonyl (C=O) groups excluding carboxylic acids is 2. The molecule has 1 aliphatic heterocycles. The molecule has 3 rings (SSSR count). The van der Waals surface area contributed by atoms with Gasteiger partial charge in [-0.3, -0.25) is 9.59 Å². The van der Waals surface area contributed by atoms with E-state index in [-0.39, 0.29) is 24.5 Å². The number of rotatable bonds is 6. The summed E-state index contributed by atoms with van der Waals surface area (Å²) in [7, 11) is 0.